The second-order valence-electron chi connectivity index (χ2n) is 4.29. The van der Waals surface area contributed by atoms with E-state index in [2.05, 4.69) is 37.2 Å². The number of halogens is 2. The summed E-state index contributed by atoms with van der Waals surface area (Å²) in [5.41, 5.74) is 0.335. The number of amides is 1. The van der Waals surface area contributed by atoms with Crippen LogP contribution >= 0.6 is 31.9 Å². The van der Waals surface area contributed by atoms with Crippen LogP contribution in [0.15, 0.2) is 27.1 Å². The van der Waals surface area contributed by atoms with Crippen molar-refractivity contribution in [3.63, 3.8) is 0 Å². The minimum absolute atomic E-state index is 0.0622. The van der Waals surface area contributed by atoms with Crippen molar-refractivity contribution in [2.24, 2.45) is 5.92 Å². The van der Waals surface area contributed by atoms with Gasteiger partial charge in [-0.2, -0.15) is 5.26 Å². The number of nitrogens with one attached hydrogen (secondary N) is 1. The summed E-state index contributed by atoms with van der Waals surface area (Å²) in [4.78, 5) is 23.1. The molecule has 5 nitrogen and oxygen atoms in total. The molecule has 1 aromatic carbocycles. The minimum Gasteiger partial charge on any atom is -0.480 e. The second kappa shape index (κ2) is 7.41. The highest BCUT2D eigenvalue weighted by Gasteiger charge is 2.23. The lowest BCUT2D eigenvalue weighted by Gasteiger charge is -2.15. The maximum absolute atomic E-state index is 12.0. The molecule has 0 unspecified atom stereocenters. The van der Waals surface area contributed by atoms with Crippen molar-refractivity contribution in [2.45, 2.75) is 19.4 Å². The van der Waals surface area contributed by atoms with Gasteiger partial charge < -0.3 is 10.4 Å². The Morgan fingerprint density at radius 1 is 1.35 bits per heavy atom. The predicted molar refractivity (Wildman–Crippen MR) is 80.1 cm³/mol. The molecule has 0 aromatic heterocycles. The van der Waals surface area contributed by atoms with Gasteiger partial charge in [-0.1, -0.05) is 31.9 Å². The van der Waals surface area contributed by atoms with Crippen molar-refractivity contribution in [2.75, 3.05) is 0 Å². The summed E-state index contributed by atoms with van der Waals surface area (Å²) < 4.78 is 1.41. The number of hydrogen-bond acceptors (Lipinski definition) is 3. The number of benzene rings is 1. The smallest absolute Gasteiger partial charge is 0.326 e. The first-order chi connectivity index (χ1) is 9.33. The molecule has 2 atom stereocenters. The van der Waals surface area contributed by atoms with Gasteiger partial charge >= 0.3 is 5.97 Å². The van der Waals surface area contributed by atoms with Crippen molar-refractivity contribution in [1.29, 1.82) is 5.26 Å². The largest absolute Gasteiger partial charge is 0.480 e. The molecule has 1 rings (SSSR count). The number of nitrogens with zero attached hydrogens (tertiary/aromatic N) is 1. The zero-order valence-corrected chi connectivity index (χ0v) is 13.7. The summed E-state index contributed by atoms with van der Waals surface area (Å²) in [7, 11) is 0. The number of carbonyl (C=O) groups is 2. The third kappa shape index (κ3) is 4.94. The van der Waals surface area contributed by atoms with Gasteiger partial charge in [0.05, 0.1) is 6.07 Å². The highest BCUT2D eigenvalue weighted by atomic mass is 79.9. The van der Waals surface area contributed by atoms with Gasteiger partial charge in [0.25, 0.3) is 5.91 Å². The molecule has 106 valence electrons. The van der Waals surface area contributed by atoms with Crippen LogP contribution < -0.4 is 5.32 Å². The summed E-state index contributed by atoms with van der Waals surface area (Å²) in [5, 5.41) is 20.2. The van der Waals surface area contributed by atoms with Gasteiger partial charge in [0, 0.05) is 20.4 Å². The van der Waals surface area contributed by atoms with E-state index in [1.54, 1.807) is 25.1 Å². The van der Waals surface area contributed by atoms with Crippen molar-refractivity contribution in [3.8, 4) is 6.07 Å². The van der Waals surface area contributed by atoms with Crippen LogP contribution in [0.5, 0.6) is 0 Å². The third-order valence-corrected chi connectivity index (χ3v) is 3.45. The molecule has 20 heavy (non-hydrogen) atoms. The van der Waals surface area contributed by atoms with E-state index in [0.717, 1.165) is 0 Å². The average molecular weight is 404 g/mol. The standard InChI is InChI=1S/C13H12Br2N2O3/c1-7(6-16)2-11(13(19)20)17-12(18)8-3-9(14)5-10(15)4-8/h3-5,7,11H,2H2,1H3,(H,17,18)(H,19,20)/t7-,11-/m0/s1. The van der Waals surface area contributed by atoms with Crippen LogP contribution in [-0.2, 0) is 4.79 Å². The lowest BCUT2D eigenvalue weighted by molar-refractivity contribution is -0.139. The van der Waals surface area contributed by atoms with Crippen LogP contribution in [0.1, 0.15) is 23.7 Å². The quantitative estimate of drug-likeness (QED) is 0.790. The van der Waals surface area contributed by atoms with E-state index in [4.69, 9.17) is 10.4 Å². The van der Waals surface area contributed by atoms with E-state index in [1.165, 1.54) is 0 Å². The zero-order chi connectivity index (χ0) is 15.3. The Kier molecular flexibility index (Phi) is 6.17. The first-order valence-electron chi connectivity index (χ1n) is 5.73. The fraction of sp³-hybridized carbons (Fsp3) is 0.308. The number of carbonyl (C=O) groups excluding carboxylic acids is 1. The molecular weight excluding hydrogens is 392 g/mol. The van der Waals surface area contributed by atoms with Crippen LogP contribution in [-0.4, -0.2) is 23.0 Å². The maximum Gasteiger partial charge on any atom is 0.326 e. The van der Waals surface area contributed by atoms with Gasteiger partial charge in [0.2, 0.25) is 0 Å². The van der Waals surface area contributed by atoms with Gasteiger partial charge in [-0.3, -0.25) is 4.79 Å². The van der Waals surface area contributed by atoms with E-state index >= 15 is 0 Å². The monoisotopic (exact) mass is 402 g/mol. The van der Waals surface area contributed by atoms with Crippen molar-refractivity contribution in [3.05, 3.63) is 32.7 Å². The molecule has 7 heteroatoms. The SMILES string of the molecule is C[C@H](C#N)C[C@H](NC(=O)c1cc(Br)cc(Br)c1)C(=O)O. The van der Waals surface area contributed by atoms with Crippen LogP contribution in [0.4, 0.5) is 0 Å². The van der Waals surface area contributed by atoms with E-state index in [-0.39, 0.29) is 6.42 Å². The molecule has 1 aromatic rings. The summed E-state index contributed by atoms with van der Waals surface area (Å²) in [6, 6.07) is 5.81. The van der Waals surface area contributed by atoms with Gasteiger partial charge in [-0.25, -0.2) is 4.79 Å². The number of rotatable bonds is 5. The van der Waals surface area contributed by atoms with Crippen molar-refractivity contribution in [1.82, 2.24) is 5.32 Å². The van der Waals surface area contributed by atoms with Crippen molar-refractivity contribution < 1.29 is 14.7 Å². The molecule has 1 amide bonds. The Labute approximate surface area is 133 Å². The Bertz CT molecular complexity index is 549. The highest BCUT2D eigenvalue weighted by Crippen LogP contribution is 2.20. The van der Waals surface area contributed by atoms with Gasteiger partial charge in [0.15, 0.2) is 0 Å². The fourth-order valence-electron chi connectivity index (χ4n) is 1.55. The Balaban J connectivity index is 2.86. The van der Waals surface area contributed by atoms with E-state index in [0.29, 0.717) is 14.5 Å². The summed E-state index contributed by atoms with van der Waals surface area (Å²) in [6.45, 7) is 1.61. The van der Waals surface area contributed by atoms with Crippen LogP contribution in [0.3, 0.4) is 0 Å². The zero-order valence-electron chi connectivity index (χ0n) is 10.6. The molecule has 0 aliphatic carbocycles. The fourth-order valence-corrected chi connectivity index (χ4v) is 2.85. The Morgan fingerprint density at radius 3 is 2.35 bits per heavy atom. The molecule has 0 radical (unpaired) electrons. The summed E-state index contributed by atoms with van der Waals surface area (Å²) in [5.74, 6) is -2.11. The minimum atomic E-state index is -1.16. The highest BCUT2D eigenvalue weighted by molar-refractivity contribution is 9.11. The average Bonchev–Trinajstić information content (AvgIpc) is 2.36. The van der Waals surface area contributed by atoms with E-state index < -0.39 is 23.8 Å². The maximum atomic E-state index is 12.0. The molecule has 0 aliphatic heterocycles. The molecule has 0 heterocycles. The normalized spacial score (nSPS) is 13.1. The number of carboxylic acid groups (broad SMARTS) is 1. The van der Waals surface area contributed by atoms with Crippen LogP contribution in [0.2, 0.25) is 0 Å². The third-order valence-electron chi connectivity index (χ3n) is 2.54. The Hall–Kier alpha value is -1.39. The van der Waals surface area contributed by atoms with E-state index in [9.17, 15) is 9.59 Å². The van der Waals surface area contributed by atoms with Gasteiger partial charge in [0.1, 0.15) is 6.04 Å². The van der Waals surface area contributed by atoms with Crippen LogP contribution in [0.25, 0.3) is 0 Å². The van der Waals surface area contributed by atoms with Gasteiger partial charge in [-0.15, -0.1) is 0 Å². The lowest BCUT2D eigenvalue weighted by atomic mass is 10.0. The topological polar surface area (TPSA) is 90.2 Å². The molecule has 0 spiro atoms. The van der Waals surface area contributed by atoms with Crippen molar-refractivity contribution >= 4 is 43.7 Å². The van der Waals surface area contributed by atoms with E-state index in [1.807, 2.05) is 6.07 Å². The second-order valence-corrected chi connectivity index (χ2v) is 6.12. The molecular formula is C13H12Br2N2O3. The number of hydrogen-bond donors (Lipinski definition) is 2. The summed E-state index contributed by atoms with van der Waals surface area (Å²) in [6.07, 6.45) is 0.0622. The lowest BCUT2D eigenvalue weighted by Crippen LogP contribution is -2.41. The molecule has 2 N–H and O–H groups in total. The molecule has 0 aliphatic rings. The Morgan fingerprint density at radius 2 is 1.90 bits per heavy atom. The molecule has 0 saturated heterocycles. The summed E-state index contributed by atoms with van der Waals surface area (Å²) >= 11 is 6.52. The predicted octanol–water partition coefficient (Wildman–Crippen LogP) is 2.94. The molecule has 0 bridgehead atoms. The number of aliphatic carboxylic acids is 1. The number of carboxylic acids is 1. The van der Waals surface area contributed by atoms with Gasteiger partial charge in [-0.05, 0) is 31.5 Å². The molecule has 0 saturated carbocycles. The molecule has 0 fully saturated rings. The number of nitriles is 1. The first kappa shape index (κ1) is 16.7. The first-order valence-corrected chi connectivity index (χ1v) is 7.31. The van der Waals surface area contributed by atoms with Crippen LogP contribution in [0, 0.1) is 17.2 Å².